The maximum absolute atomic E-state index is 12.4. The molecule has 2 fully saturated rings. The van der Waals surface area contributed by atoms with E-state index in [1.165, 1.54) is 12.8 Å². The third kappa shape index (κ3) is 3.72. The highest BCUT2D eigenvalue weighted by molar-refractivity contribution is 6.33. The Morgan fingerprint density at radius 3 is 2.67 bits per heavy atom. The second-order valence-electron chi connectivity index (χ2n) is 6.59. The number of hydrogen-bond acceptors (Lipinski definition) is 5. The lowest BCUT2D eigenvalue weighted by Gasteiger charge is -2.38. The van der Waals surface area contributed by atoms with Gasteiger partial charge in [-0.1, -0.05) is 24.4 Å². The van der Waals surface area contributed by atoms with Gasteiger partial charge in [0.2, 0.25) is 5.91 Å². The van der Waals surface area contributed by atoms with E-state index in [9.17, 15) is 9.59 Å². The van der Waals surface area contributed by atoms with E-state index < -0.39 is 0 Å². The molecule has 1 aliphatic heterocycles. The van der Waals surface area contributed by atoms with Crippen molar-refractivity contribution in [2.45, 2.75) is 44.7 Å². The largest absolute Gasteiger partial charge is 0.366 e. The van der Waals surface area contributed by atoms with Crippen LogP contribution in [0, 0.1) is 0 Å². The first kappa shape index (κ1) is 17.2. The molecule has 1 saturated heterocycles. The topological polar surface area (TPSA) is 81.3 Å². The van der Waals surface area contributed by atoms with Crippen LogP contribution >= 0.6 is 11.6 Å². The second-order valence-corrected chi connectivity index (χ2v) is 6.97. The molecule has 0 aromatic carbocycles. The number of piperazine rings is 1. The molecule has 24 heavy (non-hydrogen) atoms. The highest BCUT2D eigenvalue weighted by atomic mass is 35.5. The lowest BCUT2D eigenvalue weighted by molar-refractivity contribution is -0.126. The number of amides is 1. The van der Waals surface area contributed by atoms with Gasteiger partial charge in [0.05, 0.1) is 17.9 Å². The zero-order valence-corrected chi connectivity index (χ0v) is 14.7. The molecule has 0 bridgehead atoms. The summed E-state index contributed by atoms with van der Waals surface area (Å²) in [7, 11) is 0. The summed E-state index contributed by atoms with van der Waals surface area (Å²) in [6, 6.07) is 0.211. The summed E-state index contributed by atoms with van der Waals surface area (Å²) >= 11 is 6.07. The molecule has 1 aliphatic carbocycles. The summed E-state index contributed by atoms with van der Waals surface area (Å²) in [5.74, 6) is 0.117. The summed E-state index contributed by atoms with van der Waals surface area (Å²) in [4.78, 5) is 28.2. The molecule has 1 amide bonds. The first-order valence-electron chi connectivity index (χ1n) is 8.59. The minimum absolute atomic E-state index is 0.117. The van der Waals surface area contributed by atoms with Gasteiger partial charge in [-0.15, -0.1) is 0 Å². The molecule has 0 spiro atoms. The number of nitrogens with one attached hydrogen (secondary N) is 2. The van der Waals surface area contributed by atoms with E-state index in [1.807, 2.05) is 11.8 Å². The van der Waals surface area contributed by atoms with Crippen molar-refractivity contribution >= 4 is 23.2 Å². The van der Waals surface area contributed by atoms with Gasteiger partial charge in [-0.3, -0.25) is 14.5 Å². The van der Waals surface area contributed by atoms with E-state index in [0.717, 1.165) is 25.9 Å². The predicted molar refractivity (Wildman–Crippen MR) is 93.5 cm³/mol. The molecule has 1 aromatic rings. The van der Waals surface area contributed by atoms with E-state index in [4.69, 9.17) is 11.6 Å². The smallest absolute Gasteiger partial charge is 0.285 e. The molecule has 2 heterocycles. The number of aromatic amines is 1. The molecular formula is C16H24ClN5O2. The Morgan fingerprint density at radius 1 is 1.33 bits per heavy atom. The number of anilines is 1. The van der Waals surface area contributed by atoms with Crippen LogP contribution in [0.5, 0.6) is 0 Å². The molecule has 8 heteroatoms. The molecule has 3 rings (SSSR count). The minimum atomic E-state index is -0.374. The molecule has 7 nitrogen and oxygen atoms in total. The molecule has 1 atom stereocenters. The molecule has 132 valence electrons. The highest BCUT2D eigenvalue weighted by Crippen LogP contribution is 2.22. The van der Waals surface area contributed by atoms with Crippen LogP contribution in [0.4, 0.5) is 5.69 Å². The van der Waals surface area contributed by atoms with Crippen molar-refractivity contribution < 1.29 is 4.79 Å². The first-order chi connectivity index (χ1) is 11.6. The third-order valence-electron chi connectivity index (χ3n) is 5.06. The summed E-state index contributed by atoms with van der Waals surface area (Å²) in [6.07, 6.45) is 6.20. The van der Waals surface area contributed by atoms with Crippen LogP contribution in [0.25, 0.3) is 0 Å². The van der Waals surface area contributed by atoms with Gasteiger partial charge in [-0.25, -0.2) is 5.10 Å². The first-order valence-corrected chi connectivity index (χ1v) is 8.96. The molecule has 0 radical (unpaired) electrons. The van der Waals surface area contributed by atoms with Crippen LogP contribution in [0.3, 0.4) is 0 Å². The average Bonchev–Trinajstić information content (AvgIpc) is 3.10. The Morgan fingerprint density at radius 2 is 2.00 bits per heavy atom. The van der Waals surface area contributed by atoms with Gasteiger partial charge < -0.3 is 10.2 Å². The van der Waals surface area contributed by atoms with Crippen LogP contribution in [-0.2, 0) is 4.79 Å². The number of nitrogens with zero attached hydrogens (tertiary/aromatic N) is 3. The van der Waals surface area contributed by atoms with Gasteiger partial charge in [0, 0.05) is 32.2 Å². The van der Waals surface area contributed by atoms with Crippen LogP contribution in [0.2, 0.25) is 5.02 Å². The van der Waals surface area contributed by atoms with E-state index >= 15 is 0 Å². The summed E-state index contributed by atoms with van der Waals surface area (Å²) in [5, 5.41) is 9.48. The van der Waals surface area contributed by atoms with Crippen molar-refractivity contribution in [3.63, 3.8) is 0 Å². The Hall–Kier alpha value is -1.60. The van der Waals surface area contributed by atoms with E-state index in [-0.39, 0.29) is 22.5 Å². The lowest BCUT2D eigenvalue weighted by Crippen LogP contribution is -2.55. The van der Waals surface area contributed by atoms with Crippen molar-refractivity contribution in [1.29, 1.82) is 0 Å². The third-order valence-corrected chi connectivity index (χ3v) is 5.43. The van der Waals surface area contributed by atoms with Crippen molar-refractivity contribution in [2.24, 2.45) is 0 Å². The van der Waals surface area contributed by atoms with Gasteiger partial charge >= 0.3 is 0 Å². The fourth-order valence-electron chi connectivity index (χ4n) is 3.50. The van der Waals surface area contributed by atoms with Gasteiger partial charge in [0.15, 0.2) is 0 Å². The van der Waals surface area contributed by atoms with Crippen molar-refractivity contribution in [3.05, 3.63) is 21.6 Å². The van der Waals surface area contributed by atoms with Crippen molar-refractivity contribution in [1.82, 2.24) is 20.4 Å². The zero-order chi connectivity index (χ0) is 17.1. The highest BCUT2D eigenvalue weighted by Gasteiger charge is 2.28. The normalized spacial score (nSPS) is 21.0. The van der Waals surface area contributed by atoms with Gasteiger partial charge in [0.1, 0.15) is 5.02 Å². The van der Waals surface area contributed by atoms with E-state index in [2.05, 4.69) is 20.4 Å². The van der Waals surface area contributed by atoms with Crippen LogP contribution in [-0.4, -0.2) is 59.3 Å². The lowest BCUT2D eigenvalue weighted by atomic mass is 10.2. The zero-order valence-electron chi connectivity index (χ0n) is 13.9. The number of halogens is 1. The molecule has 1 saturated carbocycles. The molecular weight excluding hydrogens is 330 g/mol. The Balaban J connectivity index is 1.55. The van der Waals surface area contributed by atoms with Crippen LogP contribution in [0.1, 0.15) is 32.6 Å². The summed E-state index contributed by atoms with van der Waals surface area (Å²) in [6.45, 7) is 4.89. The Kier molecular flexibility index (Phi) is 5.40. The van der Waals surface area contributed by atoms with Crippen molar-refractivity contribution in [3.8, 4) is 0 Å². The Labute approximate surface area is 146 Å². The number of carbonyl (C=O) groups is 1. The Bertz CT molecular complexity index is 636. The van der Waals surface area contributed by atoms with Gasteiger partial charge in [0.25, 0.3) is 5.56 Å². The minimum Gasteiger partial charge on any atom is -0.366 e. The van der Waals surface area contributed by atoms with E-state index in [1.54, 1.807) is 6.20 Å². The number of hydrogen-bond donors (Lipinski definition) is 2. The number of H-pyrrole nitrogens is 1. The van der Waals surface area contributed by atoms with E-state index in [0.29, 0.717) is 24.8 Å². The summed E-state index contributed by atoms with van der Waals surface area (Å²) in [5.41, 5.74) is 0.282. The monoisotopic (exact) mass is 353 g/mol. The molecule has 1 aromatic heterocycles. The standard InChI is InChI=1S/C16H24ClN5O2/c1-11(15(23)19-12-4-2-3-5-12)21-6-8-22(9-7-21)13-10-18-20-16(24)14(13)17/h10-12H,2-9H2,1H3,(H,19,23)(H,20,24). The molecule has 2 N–H and O–H groups in total. The van der Waals surface area contributed by atoms with Gasteiger partial charge in [-0.2, -0.15) is 5.10 Å². The van der Waals surface area contributed by atoms with Gasteiger partial charge in [-0.05, 0) is 19.8 Å². The molecule has 1 unspecified atom stereocenters. The molecule has 2 aliphatic rings. The number of rotatable bonds is 4. The number of carbonyl (C=O) groups excluding carboxylic acids is 1. The quantitative estimate of drug-likeness (QED) is 0.843. The maximum atomic E-state index is 12.4. The SMILES string of the molecule is CC(C(=O)NC1CCCC1)N1CCN(c2cn[nH]c(=O)c2Cl)CC1. The summed E-state index contributed by atoms with van der Waals surface area (Å²) < 4.78 is 0. The van der Waals surface area contributed by atoms with Crippen molar-refractivity contribution in [2.75, 3.05) is 31.1 Å². The number of aromatic nitrogens is 2. The fourth-order valence-corrected chi connectivity index (χ4v) is 3.71. The fraction of sp³-hybridized carbons (Fsp3) is 0.688. The van der Waals surface area contributed by atoms with Crippen LogP contribution in [0.15, 0.2) is 11.0 Å². The van der Waals surface area contributed by atoms with Crippen LogP contribution < -0.4 is 15.8 Å². The maximum Gasteiger partial charge on any atom is 0.285 e. The average molecular weight is 354 g/mol. The second kappa shape index (κ2) is 7.53. The predicted octanol–water partition coefficient (Wildman–Crippen LogP) is 0.993.